The summed E-state index contributed by atoms with van der Waals surface area (Å²) >= 11 is 0. The number of benzene rings is 2. The van der Waals surface area contributed by atoms with Crippen molar-refractivity contribution in [2.75, 3.05) is 6.26 Å². The van der Waals surface area contributed by atoms with Crippen molar-refractivity contribution < 1.29 is 22.7 Å². The predicted molar refractivity (Wildman–Crippen MR) is 93.0 cm³/mol. The van der Waals surface area contributed by atoms with Gasteiger partial charge in [0.25, 0.3) is 0 Å². The van der Waals surface area contributed by atoms with Gasteiger partial charge in [-0.05, 0) is 48.0 Å². The molecule has 130 valence electrons. The number of carbonyl (C=O) groups excluding carboxylic acids is 2. The molecule has 0 aliphatic heterocycles. The molecule has 0 spiro atoms. The Kier molecular flexibility index (Phi) is 5.71. The van der Waals surface area contributed by atoms with Gasteiger partial charge in [-0.15, -0.1) is 0 Å². The number of sulfone groups is 1. The standard InChI is InChI=1S/C18H17NO5S/c1-3-17(20)19-12-13-4-6-14(7-5-13)18(21)24-15-8-10-16(11-9-15)25(2,22)23/h3-11H,1,12H2,2H3,(H,19,20). The van der Waals surface area contributed by atoms with Gasteiger partial charge in [0.1, 0.15) is 5.75 Å². The van der Waals surface area contributed by atoms with Gasteiger partial charge in [0.2, 0.25) is 5.91 Å². The molecule has 0 bridgehead atoms. The van der Waals surface area contributed by atoms with E-state index in [2.05, 4.69) is 11.9 Å². The van der Waals surface area contributed by atoms with Gasteiger partial charge >= 0.3 is 5.97 Å². The maximum Gasteiger partial charge on any atom is 0.343 e. The number of amides is 1. The third-order valence-corrected chi connectivity index (χ3v) is 4.43. The second-order valence-corrected chi connectivity index (χ2v) is 7.27. The lowest BCUT2D eigenvalue weighted by Gasteiger charge is -2.07. The Morgan fingerprint density at radius 2 is 1.68 bits per heavy atom. The lowest BCUT2D eigenvalue weighted by Crippen LogP contribution is -2.20. The predicted octanol–water partition coefficient (Wildman–Crippen LogP) is 2.11. The van der Waals surface area contributed by atoms with Crippen molar-refractivity contribution in [3.63, 3.8) is 0 Å². The van der Waals surface area contributed by atoms with Gasteiger partial charge in [-0.1, -0.05) is 18.7 Å². The molecule has 0 aromatic heterocycles. The van der Waals surface area contributed by atoms with Crippen LogP contribution in [0.1, 0.15) is 15.9 Å². The summed E-state index contributed by atoms with van der Waals surface area (Å²) in [6, 6.07) is 12.2. The topological polar surface area (TPSA) is 89.5 Å². The molecule has 7 heteroatoms. The Hall–Kier alpha value is -2.93. The zero-order valence-electron chi connectivity index (χ0n) is 13.6. The van der Waals surface area contributed by atoms with Gasteiger partial charge in [0, 0.05) is 12.8 Å². The van der Waals surface area contributed by atoms with Crippen molar-refractivity contribution >= 4 is 21.7 Å². The van der Waals surface area contributed by atoms with E-state index in [1.165, 1.54) is 30.3 Å². The zero-order valence-corrected chi connectivity index (χ0v) is 14.4. The van der Waals surface area contributed by atoms with Crippen LogP contribution in [0.3, 0.4) is 0 Å². The summed E-state index contributed by atoms with van der Waals surface area (Å²) in [5, 5.41) is 2.63. The van der Waals surface area contributed by atoms with Gasteiger partial charge < -0.3 is 10.1 Å². The average Bonchev–Trinajstić information content (AvgIpc) is 2.59. The molecule has 2 rings (SSSR count). The van der Waals surface area contributed by atoms with E-state index in [0.29, 0.717) is 12.1 Å². The van der Waals surface area contributed by atoms with Crippen LogP contribution in [0.4, 0.5) is 0 Å². The molecule has 1 N–H and O–H groups in total. The number of esters is 1. The summed E-state index contributed by atoms with van der Waals surface area (Å²) < 4.78 is 28.0. The molecule has 0 saturated carbocycles. The van der Waals surface area contributed by atoms with Gasteiger partial charge in [-0.2, -0.15) is 0 Å². The summed E-state index contributed by atoms with van der Waals surface area (Å²) in [6.07, 6.45) is 2.29. The fourth-order valence-electron chi connectivity index (χ4n) is 1.94. The molecule has 0 heterocycles. The fraction of sp³-hybridized carbons (Fsp3) is 0.111. The van der Waals surface area contributed by atoms with E-state index in [1.807, 2.05) is 0 Å². The molecule has 6 nitrogen and oxygen atoms in total. The van der Waals surface area contributed by atoms with Crippen LogP contribution in [-0.2, 0) is 21.2 Å². The van der Waals surface area contributed by atoms with Crippen LogP contribution in [0.25, 0.3) is 0 Å². The second-order valence-electron chi connectivity index (χ2n) is 5.25. The molecule has 2 aromatic carbocycles. The van der Waals surface area contributed by atoms with Crippen molar-refractivity contribution in [2.45, 2.75) is 11.4 Å². The van der Waals surface area contributed by atoms with Crippen molar-refractivity contribution in [1.82, 2.24) is 5.32 Å². The summed E-state index contributed by atoms with van der Waals surface area (Å²) in [4.78, 5) is 23.4. The number of hydrogen-bond donors (Lipinski definition) is 1. The maximum atomic E-state index is 12.1. The molecule has 0 fully saturated rings. The molecule has 0 radical (unpaired) electrons. The summed E-state index contributed by atoms with van der Waals surface area (Å²) in [6.45, 7) is 3.69. The highest BCUT2D eigenvalue weighted by molar-refractivity contribution is 7.90. The number of carbonyl (C=O) groups is 2. The SMILES string of the molecule is C=CC(=O)NCc1ccc(C(=O)Oc2ccc(S(C)(=O)=O)cc2)cc1. The summed E-state index contributed by atoms with van der Waals surface area (Å²) in [5.74, 6) is -0.588. The van der Waals surface area contributed by atoms with Crippen molar-refractivity contribution in [2.24, 2.45) is 0 Å². The molecule has 2 aromatic rings. The third-order valence-electron chi connectivity index (χ3n) is 3.30. The molecule has 0 aliphatic rings. The molecule has 0 unspecified atom stereocenters. The van der Waals surface area contributed by atoms with E-state index in [0.717, 1.165) is 11.8 Å². The first kappa shape index (κ1) is 18.4. The van der Waals surface area contributed by atoms with E-state index in [1.54, 1.807) is 24.3 Å². The highest BCUT2D eigenvalue weighted by atomic mass is 32.2. The second kappa shape index (κ2) is 7.76. The van der Waals surface area contributed by atoms with Gasteiger partial charge in [-0.3, -0.25) is 4.79 Å². The van der Waals surface area contributed by atoms with Crippen LogP contribution in [0, 0.1) is 0 Å². The molecular formula is C18H17NO5S. The molecular weight excluding hydrogens is 342 g/mol. The lowest BCUT2D eigenvalue weighted by atomic mass is 10.1. The maximum absolute atomic E-state index is 12.1. The fourth-order valence-corrected chi connectivity index (χ4v) is 2.57. The Bertz CT molecular complexity index is 884. The molecule has 0 atom stereocenters. The van der Waals surface area contributed by atoms with Crippen LogP contribution in [0.15, 0.2) is 66.1 Å². The monoisotopic (exact) mass is 359 g/mol. The first-order valence-electron chi connectivity index (χ1n) is 7.31. The molecule has 25 heavy (non-hydrogen) atoms. The van der Waals surface area contributed by atoms with Crippen molar-refractivity contribution in [1.29, 1.82) is 0 Å². The van der Waals surface area contributed by atoms with Gasteiger partial charge in [-0.25, -0.2) is 13.2 Å². The first-order valence-corrected chi connectivity index (χ1v) is 9.20. The highest BCUT2D eigenvalue weighted by Gasteiger charge is 2.11. The van der Waals surface area contributed by atoms with Gasteiger partial charge in [0.05, 0.1) is 10.5 Å². The minimum absolute atomic E-state index is 0.151. The highest BCUT2D eigenvalue weighted by Crippen LogP contribution is 2.17. The molecule has 0 aliphatic carbocycles. The lowest BCUT2D eigenvalue weighted by molar-refractivity contribution is -0.116. The van der Waals surface area contributed by atoms with E-state index >= 15 is 0 Å². The molecule has 0 saturated heterocycles. The Morgan fingerprint density at radius 3 is 2.20 bits per heavy atom. The number of hydrogen-bond acceptors (Lipinski definition) is 5. The van der Waals surface area contributed by atoms with Crippen LogP contribution >= 0.6 is 0 Å². The Labute approximate surface area is 146 Å². The van der Waals surface area contributed by atoms with Crippen LogP contribution < -0.4 is 10.1 Å². The first-order chi connectivity index (χ1) is 11.8. The smallest absolute Gasteiger partial charge is 0.343 e. The van der Waals surface area contributed by atoms with Crippen molar-refractivity contribution in [3.05, 3.63) is 72.3 Å². The van der Waals surface area contributed by atoms with Crippen LogP contribution in [-0.4, -0.2) is 26.6 Å². The Morgan fingerprint density at radius 1 is 1.08 bits per heavy atom. The normalized spacial score (nSPS) is 10.8. The van der Waals surface area contributed by atoms with Crippen LogP contribution in [0.2, 0.25) is 0 Å². The number of nitrogens with one attached hydrogen (secondary N) is 1. The minimum atomic E-state index is -3.30. The minimum Gasteiger partial charge on any atom is -0.423 e. The quantitative estimate of drug-likeness (QED) is 0.485. The van der Waals surface area contributed by atoms with Gasteiger partial charge in [0.15, 0.2) is 9.84 Å². The number of ether oxygens (including phenoxy) is 1. The van der Waals surface area contributed by atoms with E-state index in [9.17, 15) is 18.0 Å². The van der Waals surface area contributed by atoms with E-state index in [-0.39, 0.29) is 16.6 Å². The zero-order chi connectivity index (χ0) is 18.4. The van der Waals surface area contributed by atoms with E-state index < -0.39 is 15.8 Å². The molecule has 1 amide bonds. The summed E-state index contributed by atoms with van der Waals surface area (Å²) in [7, 11) is -3.30. The Balaban J connectivity index is 2.01. The third kappa shape index (κ3) is 5.29. The summed E-state index contributed by atoms with van der Waals surface area (Å²) in [5.41, 5.74) is 1.16. The average molecular weight is 359 g/mol. The van der Waals surface area contributed by atoms with Crippen LogP contribution in [0.5, 0.6) is 5.75 Å². The van der Waals surface area contributed by atoms with Crippen molar-refractivity contribution in [3.8, 4) is 5.75 Å². The number of rotatable bonds is 6. The van der Waals surface area contributed by atoms with E-state index in [4.69, 9.17) is 4.74 Å². The largest absolute Gasteiger partial charge is 0.423 e.